The Labute approximate surface area is 166 Å². The molecule has 0 spiro atoms. The molecule has 0 N–H and O–H groups in total. The highest BCUT2D eigenvalue weighted by atomic mass is 16.5. The van der Waals surface area contributed by atoms with Crippen molar-refractivity contribution in [2.75, 3.05) is 25.2 Å². The van der Waals surface area contributed by atoms with E-state index in [0.717, 1.165) is 11.3 Å². The van der Waals surface area contributed by atoms with Crippen molar-refractivity contribution in [1.82, 2.24) is 0 Å². The summed E-state index contributed by atoms with van der Waals surface area (Å²) in [6, 6.07) is 13.1. The zero-order chi connectivity index (χ0) is 20.3. The molecule has 148 valence electrons. The molecule has 2 aromatic rings. The zero-order valence-corrected chi connectivity index (χ0v) is 17.1. The molecule has 1 aliphatic heterocycles. The summed E-state index contributed by atoms with van der Waals surface area (Å²) >= 11 is 0. The van der Waals surface area contributed by atoms with Crippen molar-refractivity contribution >= 4 is 11.6 Å². The van der Waals surface area contributed by atoms with Gasteiger partial charge in [-0.15, -0.1) is 0 Å². The second-order valence-corrected chi connectivity index (χ2v) is 8.08. The van der Waals surface area contributed by atoms with E-state index in [1.165, 1.54) is 0 Å². The monoisotopic (exact) mass is 381 g/mol. The lowest BCUT2D eigenvalue weighted by molar-refractivity contribution is -0.116. The molecule has 0 saturated heterocycles. The molecule has 2 aromatic carbocycles. The highest BCUT2D eigenvalue weighted by Gasteiger charge is 2.28. The van der Waals surface area contributed by atoms with Gasteiger partial charge in [0, 0.05) is 18.3 Å². The summed E-state index contributed by atoms with van der Waals surface area (Å²) < 4.78 is 17.1. The maximum atomic E-state index is 12.8. The molecule has 1 heterocycles. The molecule has 0 aromatic heterocycles. The Morgan fingerprint density at radius 1 is 1.04 bits per heavy atom. The number of aryl methyl sites for hydroxylation is 1. The summed E-state index contributed by atoms with van der Waals surface area (Å²) in [5, 5.41) is 0. The molecular weight excluding hydrogens is 354 g/mol. The minimum absolute atomic E-state index is 0.0424. The molecule has 0 saturated carbocycles. The van der Waals surface area contributed by atoms with Crippen LogP contribution in [0.1, 0.15) is 26.3 Å². The van der Waals surface area contributed by atoms with E-state index in [1.807, 2.05) is 49.4 Å². The SMILES string of the molecule is COc1cc(N2CC=C(Oc3ccc(C)cc3)C2=O)ccc1OCC(C)(C)C. The third-order valence-corrected chi connectivity index (χ3v) is 4.28. The summed E-state index contributed by atoms with van der Waals surface area (Å²) in [6.07, 6.45) is 1.79. The molecule has 1 aliphatic rings. The van der Waals surface area contributed by atoms with Crippen LogP contribution in [0.4, 0.5) is 5.69 Å². The average molecular weight is 381 g/mol. The number of carbonyl (C=O) groups is 1. The van der Waals surface area contributed by atoms with E-state index < -0.39 is 0 Å². The molecule has 0 radical (unpaired) electrons. The van der Waals surface area contributed by atoms with Crippen molar-refractivity contribution in [2.24, 2.45) is 5.41 Å². The van der Waals surface area contributed by atoms with Gasteiger partial charge < -0.3 is 19.1 Å². The molecule has 0 unspecified atom stereocenters. The van der Waals surface area contributed by atoms with E-state index in [4.69, 9.17) is 14.2 Å². The lowest BCUT2D eigenvalue weighted by atomic mass is 9.99. The van der Waals surface area contributed by atoms with Crippen LogP contribution < -0.4 is 19.1 Å². The maximum Gasteiger partial charge on any atom is 0.294 e. The van der Waals surface area contributed by atoms with Crippen LogP contribution in [0.2, 0.25) is 0 Å². The third-order valence-electron chi connectivity index (χ3n) is 4.28. The van der Waals surface area contributed by atoms with Crippen LogP contribution >= 0.6 is 0 Å². The van der Waals surface area contributed by atoms with E-state index in [-0.39, 0.29) is 11.3 Å². The normalized spacial score (nSPS) is 14.1. The smallest absolute Gasteiger partial charge is 0.294 e. The van der Waals surface area contributed by atoms with Gasteiger partial charge in [0.1, 0.15) is 5.75 Å². The number of rotatable bonds is 6. The highest BCUT2D eigenvalue weighted by Crippen LogP contribution is 2.34. The van der Waals surface area contributed by atoms with Crippen molar-refractivity contribution in [3.05, 3.63) is 59.9 Å². The van der Waals surface area contributed by atoms with Crippen LogP contribution in [0.25, 0.3) is 0 Å². The van der Waals surface area contributed by atoms with Crippen LogP contribution in [0.5, 0.6) is 17.2 Å². The largest absolute Gasteiger partial charge is 0.493 e. The van der Waals surface area contributed by atoms with E-state index in [1.54, 1.807) is 18.1 Å². The van der Waals surface area contributed by atoms with E-state index in [9.17, 15) is 4.79 Å². The molecule has 5 heteroatoms. The number of hydrogen-bond donors (Lipinski definition) is 0. The van der Waals surface area contributed by atoms with Gasteiger partial charge >= 0.3 is 0 Å². The summed E-state index contributed by atoms with van der Waals surface area (Å²) in [5.41, 5.74) is 1.92. The van der Waals surface area contributed by atoms with Gasteiger partial charge in [-0.25, -0.2) is 0 Å². The number of amides is 1. The molecule has 1 amide bonds. The van der Waals surface area contributed by atoms with E-state index >= 15 is 0 Å². The van der Waals surface area contributed by atoms with Gasteiger partial charge in [-0.3, -0.25) is 4.79 Å². The van der Waals surface area contributed by atoms with Gasteiger partial charge in [0.25, 0.3) is 5.91 Å². The summed E-state index contributed by atoms with van der Waals surface area (Å²) in [7, 11) is 1.60. The first-order chi connectivity index (χ1) is 13.3. The fourth-order valence-corrected chi connectivity index (χ4v) is 2.76. The standard InChI is InChI=1S/C23H27NO4/c1-16-6-9-18(10-7-16)28-20-12-13-24(22(20)25)17-8-11-19(21(14-17)26-5)27-15-23(2,3)4/h6-12,14H,13,15H2,1-5H3. The molecule has 5 nitrogen and oxygen atoms in total. The van der Waals surface area contributed by atoms with Crippen LogP contribution in [-0.4, -0.2) is 26.2 Å². The Morgan fingerprint density at radius 2 is 1.75 bits per heavy atom. The second kappa shape index (κ2) is 7.97. The number of ether oxygens (including phenoxy) is 3. The first kappa shape index (κ1) is 19.8. The molecule has 3 rings (SSSR count). The lowest BCUT2D eigenvalue weighted by Crippen LogP contribution is -2.27. The fourth-order valence-electron chi connectivity index (χ4n) is 2.76. The summed E-state index contributed by atoms with van der Waals surface area (Å²) in [6.45, 7) is 9.36. The highest BCUT2D eigenvalue weighted by molar-refractivity contribution is 6.07. The van der Waals surface area contributed by atoms with Crippen LogP contribution in [-0.2, 0) is 4.79 Å². The molecule has 0 atom stereocenters. The van der Waals surface area contributed by atoms with Crippen molar-refractivity contribution in [1.29, 1.82) is 0 Å². The quantitative estimate of drug-likeness (QED) is 0.725. The van der Waals surface area contributed by atoms with Gasteiger partial charge in [-0.2, -0.15) is 0 Å². The number of methoxy groups -OCH3 is 1. The third kappa shape index (κ3) is 4.66. The fraction of sp³-hybridized carbons (Fsp3) is 0.348. The predicted octanol–water partition coefficient (Wildman–Crippen LogP) is 4.74. The second-order valence-electron chi connectivity index (χ2n) is 8.08. The van der Waals surface area contributed by atoms with Gasteiger partial charge in [0.05, 0.1) is 13.7 Å². The molecule has 28 heavy (non-hydrogen) atoms. The van der Waals surface area contributed by atoms with Crippen molar-refractivity contribution in [3.63, 3.8) is 0 Å². The Balaban J connectivity index is 1.72. The minimum Gasteiger partial charge on any atom is -0.493 e. The number of nitrogens with zero attached hydrogens (tertiary/aromatic N) is 1. The number of anilines is 1. The van der Waals surface area contributed by atoms with Crippen molar-refractivity contribution < 1.29 is 19.0 Å². The molecule has 0 aliphatic carbocycles. The Hall–Kier alpha value is -2.95. The Kier molecular flexibility index (Phi) is 5.63. The molecule has 0 bridgehead atoms. The Bertz CT molecular complexity index is 878. The lowest BCUT2D eigenvalue weighted by Gasteiger charge is -2.22. The number of benzene rings is 2. The predicted molar refractivity (Wildman–Crippen MR) is 110 cm³/mol. The van der Waals surface area contributed by atoms with Gasteiger partial charge in [0.2, 0.25) is 0 Å². The topological polar surface area (TPSA) is 48.0 Å². The van der Waals surface area contributed by atoms with Crippen LogP contribution in [0, 0.1) is 12.3 Å². The average Bonchev–Trinajstić information content (AvgIpc) is 3.01. The van der Waals surface area contributed by atoms with E-state index in [0.29, 0.717) is 36.2 Å². The maximum absolute atomic E-state index is 12.8. The first-order valence-corrected chi connectivity index (χ1v) is 9.34. The van der Waals surface area contributed by atoms with Crippen LogP contribution in [0.3, 0.4) is 0 Å². The zero-order valence-electron chi connectivity index (χ0n) is 17.1. The summed E-state index contributed by atoms with van der Waals surface area (Å²) in [4.78, 5) is 14.4. The first-order valence-electron chi connectivity index (χ1n) is 9.34. The minimum atomic E-state index is -0.175. The van der Waals surface area contributed by atoms with E-state index in [2.05, 4.69) is 20.8 Å². The van der Waals surface area contributed by atoms with Gasteiger partial charge in [-0.05, 0) is 42.7 Å². The van der Waals surface area contributed by atoms with Gasteiger partial charge in [0.15, 0.2) is 17.3 Å². The summed E-state index contributed by atoms with van der Waals surface area (Å²) in [5.74, 6) is 2.07. The molecule has 0 fully saturated rings. The molecular formula is C23H27NO4. The van der Waals surface area contributed by atoms with Crippen molar-refractivity contribution in [3.8, 4) is 17.2 Å². The van der Waals surface area contributed by atoms with Crippen molar-refractivity contribution in [2.45, 2.75) is 27.7 Å². The number of hydrogen-bond acceptors (Lipinski definition) is 4. The van der Waals surface area contributed by atoms with Crippen LogP contribution in [0.15, 0.2) is 54.3 Å². The number of carbonyl (C=O) groups excluding carboxylic acids is 1. The Morgan fingerprint density at radius 3 is 2.39 bits per heavy atom. The van der Waals surface area contributed by atoms with Gasteiger partial charge in [-0.1, -0.05) is 38.5 Å².